The Hall–Kier alpha value is -1.55. The fourth-order valence-corrected chi connectivity index (χ4v) is 1.62. The number of hydrogen-bond donors (Lipinski definition) is 2. The lowest BCUT2D eigenvalue weighted by molar-refractivity contribution is -0.121. The molecule has 4 nitrogen and oxygen atoms in total. The van der Waals surface area contributed by atoms with Crippen molar-refractivity contribution >= 4 is 11.6 Å². The molecule has 16 heavy (non-hydrogen) atoms. The zero-order valence-electron chi connectivity index (χ0n) is 10.0. The van der Waals surface area contributed by atoms with E-state index in [-0.39, 0.29) is 11.9 Å². The molecule has 1 amide bonds. The molecular formula is C12H19N3O. The predicted molar refractivity (Wildman–Crippen MR) is 66.3 cm³/mol. The lowest BCUT2D eigenvalue weighted by Crippen LogP contribution is -2.42. The normalized spacial score (nSPS) is 12.0. The van der Waals surface area contributed by atoms with Crippen LogP contribution in [0.1, 0.15) is 12.5 Å². The second kappa shape index (κ2) is 5.51. The fraction of sp³-hybridized carbons (Fsp3) is 0.417. The molecule has 0 spiro atoms. The largest absolute Gasteiger partial charge is 0.363 e. The van der Waals surface area contributed by atoms with Gasteiger partial charge in [0.2, 0.25) is 5.91 Å². The third-order valence-corrected chi connectivity index (χ3v) is 2.80. The van der Waals surface area contributed by atoms with Gasteiger partial charge in [0.1, 0.15) is 6.04 Å². The predicted octanol–water partition coefficient (Wildman–Crippen LogP) is 0.716. The summed E-state index contributed by atoms with van der Waals surface area (Å²) in [6.07, 6.45) is 0. The molecular weight excluding hydrogens is 202 g/mol. The monoisotopic (exact) mass is 221 g/mol. The average molecular weight is 221 g/mol. The van der Waals surface area contributed by atoms with Crippen LogP contribution in [0, 0.1) is 0 Å². The third kappa shape index (κ3) is 2.52. The number of para-hydroxylation sites is 1. The Kier molecular flexibility index (Phi) is 4.31. The quantitative estimate of drug-likeness (QED) is 0.787. The van der Waals surface area contributed by atoms with Crippen LogP contribution in [0.4, 0.5) is 5.69 Å². The summed E-state index contributed by atoms with van der Waals surface area (Å²) in [7, 11) is 3.54. The zero-order valence-corrected chi connectivity index (χ0v) is 10.0. The van der Waals surface area contributed by atoms with Gasteiger partial charge in [-0.1, -0.05) is 18.2 Å². The highest BCUT2D eigenvalue weighted by molar-refractivity contribution is 5.84. The van der Waals surface area contributed by atoms with Gasteiger partial charge < -0.3 is 16.0 Å². The highest BCUT2D eigenvalue weighted by Gasteiger charge is 2.18. The molecule has 88 valence electrons. The standard InChI is InChI=1S/C12H19N3O/c1-9(12(16)14-2)15(3)11-7-5-4-6-10(11)8-13/h4-7,9H,8,13H2,1-3H3,(H,14,16). The summed E-state index contributed by atoms with van der Waals surface area (Å²) in [6.45, 7) is 2.34. The Morgan fingerprint density at radius 3 is 2.69 bits per heavy atom. The molecule has 4 heteroatoms. The van der Waals surface area contributed by atoms with E-state index in [1.807, 2.05) is 43.1 Å². The Balaban J connectivity index is 2.95. The Bertz CT molecular complexity index is 365. The molecule has 1 rings (SSSR count). The molecule has 0 aliphatic carbocycles. The van der Waals surface area contributed by atoms with Crippen LogP contribution < -0.4 is 16.0 Å². The molecule has 0 heterocycles. The van der Waals surface area contributed by atoms with Gasteiger partial charge in [0.05, 0.1) is 0 Å². The van der Waals surface area contributed by atoms with Crippen molar-refractivity contribution < 1.29 is 4.79 Å². The first kappa shape index (κ1) is 12.5. The van der Waals surface area contributed by atoms with Crippen molar-refractivity contribution in [2.24, 2.45) is 5.73 Å². The van der Waals surface area contributed by atoms with Crippen LogP contribution in [0.3, 0.4) is 0 Å². The van der Waals surface area contributed by atoms with E-state index in [4.69, 9.17) is 5.73 Å². The Morgan fingerprint density at radius 2 is 2.12 bits per heavy atom. The highest BCUT2D eigenvalue weighted by atomic mass is 16.2. The molecule has 0 saturated carbocycles. The van der Waals surface area contributed by atoms with E-state index < -0.39 is 0 Å². The summed E-state index contributed by atoms with van der Waals surface area (Å²) in [5, 5.41) is 2.64. The first-order chi connectivity index (χ1) is 7.61. The van der Waals surface area contributed by atoms with E-state index in [0.717, 1.165) is 11.3 Å². The maximum atomic E-state index is 11.5. The van der Waals surface area contributed by atoms with Gasteiger partial charge in [-0.3, -0.25) is 4.79 Å². The van der Waals surface area contributed by atoms with Crippen molar-refractivity contribution in [2.75, 3.05) is 19.0 Å². The number of benzene rings is 1. The smallest absolute Gasteiger partial charge is 0.242 e. The second-order valence-electron chi connectivity index (χ2n) is 3.73. The molecule has 1 aromatic carbocycles. The van der Waals surface area contributed by atoms with E-state index in [9.17, 15) is 4.79 Å². The first-order valence-electron chi connectivity index (χ1n) is 5.34. The highest BCUT2D eigenvalue weighted by Crippen LogP contribution is 2.20. The summed E-state index contributed by atoms with van der Waals surface area (Å²) in [4.78, 5) is 13.5. The molecule has 0 fully saturated rings. The van der Waals surface area contributed by atoms with Gasteiger partial charge in [-0.05, 0) is 18.6 Å². The Morgan fingerprint density at radius 1 is 1.50 bits per heavy atom. The Labute approximate surface area is 96.4 Å². The van der Waals surface area contributed by atoms with Crippen molar-refractivity contribution in [3.8, 4) is 0 Å². The number of carbonyl (C=O) groups excluding carboxylic acids is 1. The summed E-state index contributed by atoms with van der Waals surface area (Å²) in [6, 6.07) is 7.63. The number of nitrogens with zero attached hydrogens (tertiary/aromatic N) is 1. The van der Waals surface area contributed by atoms with Gasteiger partial charge >= 0.3 is 0 Å². The van der Waals surface area contributed by atoms with Crippen LogP contribution in [0.5, 0.6) is 0 Å². The topological polar surface area (TPSA) is 58.4 Å². The van der Waals surface area contributed by atoms with Crippen LogP contribution >= 0.6 is 0 Å². The number of rotatable bonds is 4. The molecule has 0 radical (unpaired) electrons. The number of anilines is 1. The third-order valence-electron chi connectivity index (χ3n) is 2.80. The number of nitrogens with one attached hydrogen (secondary N) is 1. The number of carbonyl (C=O) groups is 1. The van der Waals surface area contributed by atoms with Crippen LogP contribution in [-0.2, 0) is 11.3 Å². The van der Waals surface area contributed by atoms with Crippen molar-refractivity contribution in [2.45, 2.75) is 19.5 Å². The van der Waals surface area contributed by atoms with Gasteiger partial charge in [0, 0.05) is 26.3 Å². The van der Waals surface area contributed by atoms with Crippen LogP contribution in [0.2, 0.25) is 0 Å². The minimum Gasteiger partial charge on any atom is -0.363 e. The summed E-state index contributed by atoms with van der Waals surface area (Å²) in [5.74, 6) is -0.00526. The summed E-state index contributed by atoms with van der Waals surface area (Å²) in [5.41, 5.74) is 7.71. The van der Waals surface area contributed by atoms with E-state index in [1.54, 1.807) is 7.05 Å². The molecule has 0 aliphatic rings. The van der Waals surface area contributed by atoms with E-state index >= 15 is 0 Å². The van der Waals surface area contributed by atoms with Crippen molar-refractivity contribution in [1.82, 2.24) is 5.32 Å². The molecule has 0 aliphatic heterocycles. The number of amides is 1. The maximum Gasteiger partial charge on any atom is 0.242 e. The molecule has 3 N–H and O–H groups in total. The summed E-state index contributed by atoms with van der Waals surface area (Å²) < 4.78 is 0. The lowest BCUT2D eigenvalue weighted by atomic mass is 10.1. The SMILES string of the molecule is CNC(=O)C(C)N(C)c1ccccc1CN. The van der Waals surface area contributed by atoms with Crippen molar-refractivity contribution in [3.05, 3.63) is 29.8 Å². The van der Waals surface area contributed by atoms with E-state index in [2.05, 4.69) is 5.32 Å². The minimum absolute atomic E-state index is 0.00526. The lowest BCUT2D eigenvalue weighted by Gasteiger charge is -2.27. The van der Waals surface area contributed by atoms with Crippen LogP contribution in [0.25, 0.3) is 0 Å². The van der Waals surface area contributed by atoms with Crippen molar-refractivity contribution in [1.29, 1.82) is 0 Å². The summed E-state index contributed by atoms with van der Waals surface area (Å²) >= 11 is 0. The average Bonchev–Trinajstić information content (AvgIpc) is 2.35. The van der Waals surface area contributed by atoms with E-state index in [1.165, 1.54) is 0 Å². The van der Waals surface area contributed by atoms with Gasteiger partial charge in [-0.25, -0.2) is 0 Å². The maximum absolute atomic E-state index is 11.5. The molecule has 0 saturated heterocycles. The minimum atomic E-state index is -0.210. The van der Waals surface area contributed by atoms with Crippen molar-refractivity contribution in [3.63, 3.8) is 0 Å². The van der Waals surface area contributed by atoms with Gasteiger partial charge in [-0.2, -0.15) is 0 Å². The fourth-order valence-electron chi connectivity index (χ4n) is 1.62. The van der Waals surface area contributed by atoms with Gasteiger partial charge in [0.25, 0.3) is 0 Å². The first-order valence-corrected chi connectivity index (χ1v) is 5.34. The number of nitrogens with two attached hydrogens (primary N) is 1. The van der Waals surface area contributed by atoms with Crippen LogP contribution in [0.15, 0.2) is 24.3 Å². The van der Waals surface area contributed by atoms with Gasteiger partial charge in [0.15, 0.2) is 0 Å². The number of likely N-dealkylation sites (N-methyl/N-ethyl adjacent to an activating group) is 2. The molecule has 1 aromatic rings. The molecule has 1 unspecified atom stereocenters. The molecule has 0 aromatic heterocycles. The van der Waals surface area contributed by atoms with E-state index in [0.29, 0.717) is 6.54 Å². The second-order valence-corrected chi connectivity index (χ2v) is 3.73. The van der Waals surface area contributed by atoms with Crippen LogP contribution in [-0.4, -0.2) is 26.0 Å². The number of hydrogen-bond acceptors (Lipinski definition) is 3. The molecule has 1 atom stereocenters. The van der Waals surface area contributed by atoms with Gasteiger partial charge in [-0.15, -0.1) is 0 Å². The zero-order chi connectivity index (χ0) is 12.1. The molecule has 0 bridgehead atoms.